The number of aliphatic hydroxyl groups excluding tert-OH is 2. The molecule has 1 saturated carbocycles. The molecule has 1 amide bonds. The predicted molar refractivity (Wildman–Crippen MR) is 137 cm³/mol. The number of likely N-dealkylation sites (N-methyl/N-ethyl adjacent to an activating group) is 1. The number of nitrogens with two attached hydrogens (primary N) is 1. The van der Waals surface area contributed by atoms with Crippen molar-refractivity contribution in [1.29, 1.82) is 0 Å². The number of aliphatic hydroxyl groups is 3. The van der Waals surface area contributed by atoms with Gasteiger partial charge in [-0.3, -0.25) is 19.3 Å². The van der Waals surface area contributed by atoms with Gasteiger partial charge in [0, 0.05) is 23.4 Å². The molecule has 1 heterocycles. The van der Waals surface area contributed by atoms with Crippen molar-refractivity contribution in [3.63, 3.8) is 0 Å². The zero-order chi connectivity index (χ0) is 27.5. The van der Waals surface area contributed by atoms with Gasteiger partial charge in [0.15, 0.2) is 11.4 Å². The van der Waals surface area contributed by atoms with Gasteiger partial charge in [0.25, 0.3) is 5.91 Å². The Hall–Kier alpha value is -3.89. The molecule has 3 aliphatic carbocycles. The maximum atomic E-state index is 13.9. The summed E-state index contributed by atoms with van der Waals surface area (Å²) < 4.78 is 0. The zero-order valence-electron chi connectivity index (χ0n) is 21.2. The van der Waals surface area contributed by atoms with Crippen LogP contribution in [0.25, 0.3) is 5.76 Å². The first-order valence-electron chi connectivity index (χ1n) is 12.6. The van der Waals surface area contributed by atoms with Crippen LogP contribution in [0.15, 0.2) is 47.4 Å². The summed E-state index contributed by atoms with van der Waals surface area (Å²) in [6.45, 7) is 0. The summed E-state index contributed by atoms with van der Waals surface area (Å²) in [7, 11) is 3.15. The number of aromatic nitrogens is 1. The number of Topliss-reactive ketones (excluding diaryl/α,β-unsaturated/α-hetero) is 2. The third kappa shape index (κ3) is 3.66. The number of hydrogen-bond donors (Lipinski definition) is 6. The molecule has 10 heteroatoms. The van der Waals surface area contributed by atoms with Crippen LogP contribution in [0.1, 0.15) is 35.2 Å². The van der Waals surface area contributed by atoms with Crippen LogP contribution in [0.3, 0.4) is 0 Å². The highest BCUT2D eigenvalue weighted by atomic mass is 16.3. The number of benzene rings is 1. The van der Waals surface area contributed by atoms with Crippen LogP contribution in [0.2, 0.25) is 0 Å². The summed E-state index contributed by atoms with van der Waals surface area (Å²) in [5.74, 6) is -6.46. The molecule has 3 aliphatic rings. The molecular formula is C28H31N3O7. The van der Waals surface area contributed by atoms with Crippen molar-refractivity contribution >= 4 is 23.2 Å². The summed E-state index contributed by atoms with van der Waals surface area (Å²) in [5.41, 5.74) is 4.61. The number of aryl methyl sites for hydroxylation is 2. The maximum Gasteiger partial charge on any atom is 0.255 e. The highest BCUT2D eigenvalue weighted by molar-refractivity contribution is 6.24. The molecule has 1 fully saturated rings. The van der Waals surface area contributed by atoms with E-state index in [-0.39, 0.29) is 23.3 Å². The van der Waals surface area contributed by atoms with E-state index in [9.17, 15) is 34.8 Å². The molecule has 1 aromatic heterocycles. The first-order chi connectivity index (χ1) is 18.0. The van der Waals surface area contributed by atoms with Gasteiger partial charge in [-0.2, -0.15) is 0 Å². The number of phenolic OH excluding ortho intramolecular Hbond substituents is 1. The van der Waals surface area contributed by atoms with Crippen molar-refractivity contribution in [3.05, 3.63) is 69.8 Å². The summed E-state index contributed by atoms with van der Waals surface area (Å²) in [6.07, 6.45) is 4.52. The Morgan fingerprint density at radius 3 is 2.53 bits per heavy atom. The smallest absolute Gasteiger partial charge is 0.255 e. The Morgan fingerprint density at radius 2 is 1.89 bits per heavy atom. The van der Waals surface area contributed by atoms with E-state index in [2.05, 4.69) is 4.98 Å². The Morgan fingerprint density at radius 1 is 1.16 bits per heavy atom. The van der Waals surface area contributed by atoms with E-state index >= 15 is 0 Å². The lowest BCUT2D eigenvalue weighted by molar-refractivity contribution is -0.153. The minimum atomic E-state index is -2.63. The number of carbonyl (C=O) groups excluding carboxylic acids is 3. The fourth-order valence-corrected chi connectivity index (χ4v) is 6.53. The first-order valence-corrected chi connectivity index (χ1v) is 12.6. The predicted octanol–water partition coefficient (Wildman–Crippen LogP) is 1.47. The lowest BCUT2D eigenvalue weighted by Crippen LogP contribution is -2.65. The van der Waals surface area contributed by atoms with Crippen LogP contribution in [-0.4, -0.2) is 73.5 Å². The number of amides is 1. The van der Waals surface area contributed by atoms with E-state index in [0.29, 0.717) is 18.4 Å². The second-order valence-electron chi connectivity index (χ2n) is 10.6. The van der Waals surface area contributed by atoms with E-state index in [1.54, 1.807) is 14.1 Å². The normalized spacial score (nSPS) is 26.9. The van der Waals surface area contributed by atoms with E-state index in [0.717, 1.165) is 24.1 Å². The van der Waals surface area contributed by atoms with Gasteiger partial charge in [0.2, 0.25) is 5.78 Å². The molecule has 0 bridgehead atoms. The van der Waals surface area contributed by atoms with Crippen molar-refractivity contribution in [3.8, 4) is 5.75 Å². The van der Waals surface area contributed by atoms with Gasteiger partial charge in [0.1, 0.15) is 22.8 Å². The number of hydrogen-bond acceptors (Lipinski definition) is 8. The molecule has 0 spiro atoms. The van der Waals surface area contributed by atoms with Crippen molar-refractivity contribution in [1.82, 2.24) is 9.88 Å². The summed E-state index contributed by atoms with van der Waals surface area (Å²) in [4.78, 5) is 43.8. The molecule has 0 saturated heterocycles. The zero-order valence-corrected chi connectivity index (χ0v) is 21.2. The minimum absolute atomic E-state index is 0.0728. The molecular weight excluding hydrogens is 490 g/mol. The van der Waals surface area contributed by atoms with Gasteiger partial charge in [0.05, 0.1) is 11.6 Å². The number of primary amides is 1. The van der Waals surface area contributed by atoms with Crippen LogP contribution in [-0.2, 0) is 33.6 Å². The molecule has 4 atom stereocenters. The first kappa shape index (κ1) is 25.7. The second-order valence-corrected chi connectivity index (χ2v) is 10.6. The lowest BCUT2D eigenvalue weighted by atomic mass is 9.57. The number of ketones is 2. The second kappa shape index (κ2) is 9.14. The third-order valence-corrected chi connectivity index (χ3v) is 8.26. The number of phenols is 1. The molecule has 0 radical (unpaired) electrons. The van der Waals surface area contributed by atoms with Gasteiger partial charge in [-0.1, -0.05) is 6.07 Å². The fourth-order valence-electron chi connectivity index (χ4n) is 6.53. The van der Waals surface area contributed by atoms with Crippen LogP contribution >= 0.6 is 0 Å². The average Bonchev–Trinajstić information content (AvgIpc) is 3.36. The Kier molecular flexibility index (Phi) is 6.19. The number of nitrogens with zero attached hydrogens (tertiary/aromatic N) is 1. The van der Waals surface area contributed by atoms with Gasteiger partial charge in [-0.15, -0.1) is 0 Å². The summed E-state index contributed by atoms with van der Waals surface area (Å²) in [5, 5.41) is 44.5. The molecule has 38 heavy (non-hydrogen) atoms. The van der Waals surface area contributed by atoms with E-state index < -0.39 is 58.0 Å². The van der Waals surface area contributed by atoms with Crippen LogP contribution in [0.4, 0.5) is 0 Å². The van der Waals surface area contributed by atoms with Gasteiger partial charge in [-0.05, 0) is 81.4 Å². The number of aromatic hydroxyl groups is 1. The molecule has 7 N–H and O–H groups in total. The van der Waals surface area contributed by atoms with Crippen molar-refractivity contribution < 1.29 is 34.8 Å². The number of aromatic amines is 1. The fraction of sp³-hybridized carbons (Fsp3) is 0.393. The van der Waals surface area contributed by atoms with E-state index in [1.807, 2.05) is 24.4 Å². The molecule has 1 aromatic carbocycles. The Balaban J connectivity index is 1.60. The monoisotopic (exact) mass is 521 g/mol. The van der Waals surface area contributed by atoms with E-state index in [4.69, 9.17) is 5.73 Å². The molecule has 0 unspecified atom stereocenters. The number of rotatable bonds is 6. The highest BCUT2D eigenvalue weighted by Gasteiger charge is 2.64. The van der Waals surface area contributed by atoms with Crippen LogP contribution in [0, 0.1) is 11.8 Å². The number of H-pyrrole nitrogens is 1. The average molecular weight is 522 g/mol. The molecule has 200 valence electrons. The van der Waals surface area contributed by atoms with Crippen LogP contribution < -0.4 is 5.73 Å². The third-order valence-electron chi connectivity index (χ3n) is 8.26. The Bertz CT molecular complexity index is 1410. The van der Waals surface area contributed by atoms with Gasteiger partial charge < -0.3 is 31.1 Å². The standard InChI is InChI=1S/C28H31N3O7/c1-31(2)22-17-12-14-11-16-13(5-3-6-15-7-4-10-30-15)8-9-18(32)20(16)23(33)19(14)25(35)28(17,38)26(36)21(24(22)34)27(29)37/h4,7-10,14,17,22,30,32-33,36,38H,3,5-6,11-12H2,1-2H3,(H2,29,37)/t14-,17-,22+,28-/m0/s1. The van der Waals surface area contributed by atoms with E-state index in [1.165, 1.54) is 11.0 Å². The quantitative estimate of drug-likeness (QED) is 0.310. The highest BCUT2D eigenvalue weighted by Crippen LogP contribution is 2.53. The van der Waals surface area contributed by atoms with Crippen molar-refractivity contribution in [2.24, 2.45) is 17.6 Å². The molecule has 5 rings (SSSR count). The van der Waals surface area contributed by atoms with Gasteiger partial charge in [-0.25, -0.2) is 0 Å². The minimum Gasteiger partial charge on any atom is -0.508 e. The Labute approximate surface area is 219 Å². The summed E-state index contributed by atoms with van der Waals surface area (Å²) in [6, 6.07) is 6.11. The number of nitrogens with one attached hydrogen (secondary N) is 1. The molecule has 2 aromatic rings. The molecule has 10 nitrogen and oxygen atoms in total. The SMILES string of the molecule is CN(C)[C@H]1C(=O)C(C(N)=O)=C(O)[C@@]2(O)C(=O)C3=C(O)c4c(O)ccc(CCCc5ccc[nH]5)c4C[C@H]3C[C@@H]12. The van der Waals surface area contributed by atoms with Gasteiger partial charge >= 0.3 is 0 Å². The maximum absolute atomic E-state index is 13.9. The topological polar surface area (TPSA) is 177 Å². The summed E-state index contributed by atoms with van der Waals surface area (Å²) >= 11 is 0. The number of fused-ring (bicyclic) bond motifs is 3. The van der Waals surface area contributed by atoms with Crippen LogP contribution in [0.5, 0.6) is 5.75 Å². The lowest BCUT2D eigenvalue weighted by Gasteiger charge is -2.50. The largest absolute Gasteiger partial charge is 0.508 e. The van der Waals surface area contributed by atoms with Crippen molar-refractivity contribution in [2.75, 3.05) is 14.1 Å². The van der Waals surface area contributed by atoms with Crippen molar-refractivity contribution in [2.45, 2.75) is 43.7 Å². The number of carbonyl (C=O) groups is 3. The molecule has 0 aliphatic heterocycles.